The summed E-state index contributed by atoms with van der Waals surface area (Å²) in [5.74, 6) is 2.78. The lowest BCUT2D eigenvalue weighted by Gasteiger charge is -2.35. The highest BCUT2D eigenvalue weighted by molar-refractivity contribution is 4.81. The number of rotatable bonds is 4. The first-order valence-corrected chi connectivity index (χ1v) is 8.08. The largest absolute Gasteiger partial charge is 0.314 e. The van der Waals surface area contributed by atoms with Gasteiger partial charge in [0.1, 0.15) is 0 Å². The van der Waals surface area contributed by atoms with E-state index in [9.17, 15) is 0 Å². The van der Waals surface area contributed by atoms with Gasteiger partial charge in [0.2, 0.25) is 0 Å². The van der Waals surface area contributed by atoms with Gasteiger partial charge in [-0.15, -0.1) is 0 Å². The summed E-state index contributed by atoms with van der Waals surface area (Å²) >= 11 is 0. The Morgan fingerprint density at radius 3 is 2.44 bits per heavy atom. The number of hydrogen-bond donors (Lipinski definition) is 1. The standard InChI is InChI=1S/C16H32N2/c1-13-6-4-5-7-16(13)12-17-14(2)15-8-10-18(3)11-9-15/h13-17H,4-12H2,1-3H3. The molecule has 0 spiro atoms. The molecule has 0 bridgehead atoms. The monoisotopic (exact) mass is 252 g/mol. The Labute approximate surface area is 114 Å². The normalized spacial score (nSPS) is 33.5. The topological polar surface area (TPSA) is 15.3 Å². The van der Waals surface area contributed by atoms with Crippen LogP contribution in [0.5, 0.6) is 0 Å². The van der Waals surface area contributed by atoms with E-state index in [0.717, 1.165) is 17.8 Å². The van der Waals surface area contributed by atoms with Gasteiger partial charge >= 0.3 is 0 Å². The Bertz CT molecular complexity index is 233. The van der Waals surface area contributed by atoms with Gasteiger partial charge in [-0.1, -0.05) is 26.2 Å². The molecule has 2 aliphatic rings. The molecule has 18 heavy (non-hydrogen) atoms. The molecule has 0 aromatic carbocycles. The average Bonchev–Trinajstić information content (AvgIpc) is 2.38. The van der Waals surface area contributed by atoms with Crippen molar-refractivity contribution in [1.29, 1.82) is 0 Å². The number of hydrogen-bond acceptors (Lipinski definition) is 2. The van der Waals surface area contributed by atoms with E-state index in [1.807, 2.05) is 0 Å². The fourth-order valence-electron chi connectivity index (χ4n) is 3.73. The van der Waals surface area contributed by atoms with Gasteiger partial charge in [-0.05, 0) is 70.6 Å². The van der Waals surface area contributed by atoms with Gasteiger partial charge < -0.3 is 10.2 Å². The molecule has 0 radical (unpaired) electrons. The second-order valence-corrected chi connectivity index (χ2v) is 6.86. The summed E-state index contributed by atoms with van der Waals surface area (Å²) < 4.78 is 0. The molecule has 2 fully saturated rings. The van der Waals surface area contributed by atoms with Gasteiger partial charge in [0, 0.05) is 6.04 Å². The molecule has 1 N–H and O–H groups in total. The predicted molar refractivity (Wildman–Crippen MR) is 78.8 cm³/mol. The van der Waals surface area contributed by atoms with Crippen LogP contribution in [0.1, 0.15) is 52.4 Å². The van der Waals surface area contributed by atoms with Crippen molar-refractivity contribution in [2.24, 2.45) is 17.8 Å². The smallest absolute Gasteiger partial charge is 0.00680 e. The zero-order valence-electron chi connectivity index (χ0n) is 12.6. The Morgan fingerprint density at radius 1 is 1.11 bits per heavy atom. The van der Waals surface area contributed by atoms with E-state index in [0.29, 0.717) is 6.04 Å². The second-order valence-electron chi connectivity index (χ2n) is 6.86. The molecular formula is C16H32N2. The van der Waals surface area contributed by atoms with E-state index < -0.39 is 0 Å². The summed E-state index contributed by atoms with van der Waals surface area (Å²) in [4.78, 5) is 2.46. The van der Waals surface area contributed by atoms with E-state index in [-0.39, 0.29) is 0 Å². The van der Waals surface area contributed by atoms with Crippen molar-refractivity contribution in [3.05, 3.63) is 0 Å². The maximum absolute atomic E-state index is 3.85. The fourth-order valence-corrected chi connectivity index (χ4v) is 3.73. The maximum atomic E-state index is 3.85. The summed E-state index contributed by atoms with van der Waals surface area (Å²) in [6.45, 7) is 8.69. The van der Waals surface area contributed by atoms with Crippen LogP contribution in [0.3, 0.4) is 0 Å². The van der Waals surface area contributed by atoms with Gasteiger partial charge in [-0.25, -0.2) is 0 Å². The van der Waals surface area contributed by atoms with Crippen molar-refractivity contribution in [3.8, 4) is 0 Å². The Hall–Kier alpha value is -0.0800. The molecule has 3 unspecified atom stereocenters. The summed E-state index contributed by atoms with van der Waals surface area (Å²) in [5.41, 5.74) is 0. The van der Waals surface area contributed by atoms with Crippen LogP contribution in [-0.4, -0.2) is 37.6 Å². The van der Waals surface area contributed by atoms with Gasteiger partial charge in [0.15, 0.2) is 0 Å². The van der Waals surface area contributed by atoms with Crippen LogP contribution in [0.25, 0.3) is 0 Å². The third kappa shape index (κ3) is 3.96. The molecule has 0 aromatic heterocycles. The van der Waals surface area contributed by atoms with E-state index in [4.69, 9.17) is 0 Å². The van der Waals surface area contributed by atoms with Gasteiger partial charge in [0.05, 0.1) is 0 Å². The Balaban J connectivity index is 1.69. The third-order valence-electron chi connectivity index (χ3n) is 5.46. The summed E-state index contributed by atoms with van der Waals surface area (Å²) in [6.07, 6.45) is 8.58. The molecule has 2 heteroatoms. The first kappa shape index (κ1) is 14.3. The van der Waals surface area contributed by atoms with Crippen molar-refractivity contribution in [2.45, 2.75) is 58.4 Å². The van der Waals surface area contributed by atoms with Crippen LogP contribution in [0.4, 0.5) is 0 Å². The highest BCUT2D eigenvalue weighted by Gasteiger charge is 2.25. The van der Waals surface area contributed by atoms with E-state index in [1.54, 1.807) is 0 Å². The molecule has 2 rings (SSSR count). The first-order valence-electron chi connectivity index (χ1n) is 8.08. The first-order chi connectivity index (χ1) is 8.66. The molecule has 3 atom stereocenters. The van der Waals surface area contributed by atoms with Crippen molar-refractivity contribution in [1.82, 2.24) is 10.2 Å². The number of likely N-dealkylation sites (tertiary alicyclic amines) is 1. The van der Waals surface area contributed by atoms with E-state index >= 15 is 0 Å². The Kier molecular flexibility index (Phi) is 5.50. The van der Waals surface area contributed by atoms with Crippen molar-refractivity contribution >= 4 is 0 Å². The van der Waals surface area contributed by atoms with Crippen molar-refractivity contribution in [3.63, 3.8) is 0 Å². The van der Waals surface area contributed by atoms with Crippen LogP contribution in [0.2, 0.25) is 0 Å². The molecule has 0 aromatic rings. The molecule has 0 amide bonds. The number of piperidine rings is 1. The average molecular weight is 252 g/mol. The van der Waals surface area contributed by atoms with Crippen LogP contribution in [0.15, 0.2) is 0 Å². The minimum atomic E-state index is 0.716. The summed E-state index contributed by atoms with van der Waals surface area (Å²) in [7, 11) is 2.25. The number of nitrogens with zero attached hydrogens (tertiary/aromatic N) is 1. The van der Waals surface area contributed by atoms with Crippen molar-refractivity contribution in [2.75, 3.05) is 26.7 Å². The maximum Gasteiger partial charge on any atom is 0.00680 e. The van der Waals surface area contributed by atoms with Crippen LogP contribution < -0.4 is 5.32 Å². The second kappa shape index (κ2) is 6.91. The molecule has 106 valence electrons. The van der Waals surface area contributed by atoms with Crippen LogP contribution >= 0.6 is 0 Å². The zero-order chi connectivity index (χ0) is 13.0. The molecule has 1 heterocycles. The zero-order valence-corrected chi connectivity index (χ0v) is 12.6. The number of nitrogens with one attached hydrogen (secondary N) is 1. The third-order valence-corrected chi connectivity index (χ3v) is 5.46. The molecule has 1 saturated heterocycles. The molecule has 2 nitrogen and oxygen atoms in total. The SMILES string of the molecule is CC1CCCCC1CNC(C)C1CCN(C)CC1. The molecule has 1 saturated carbocycles. The summed E-state index contributed by atoms with van der Waals surface area (Å²) in [5, 5.41) is 3.85. The van der Waals surface area contributed by atoms with Crippen LogP contribution in [-0.2, 0) is 0 Å². The highest BCUT2D eigenvalue weighted by atomic mass is 15.1. The van der Waals surface area contributed by atoms with Crippen molar-refractivity contribution < 1.29 is 0 Å². The summed E-state index contributed by atoms with van der Waals surface area (Å²) in [6, 6.07) is 0.716. The van der Waals surface area contributed by atoms with E-state index in [2.05, 4.69) is 31.1 Å². The molecular weight excluding hydrogens is 220 g/mol. The van der Waals surface area contributed by atoms with Gasteiger partial charge in [-0.2, -0.15) is 0 Å². The Morgan fingerprint density at radius 2 is 1.78 bits per heavy atom. The lowest BCUT2D eigenvalue weighted by Crippen LogP contribution is -2.43. The lowest BCUT2D eigenvalue weighted by molar-refractivity contribution is 0.177. The van der Waals surface area contributed by atoms with Gasteiger partial charge in [0.25, 0.3) is 0 Å². The van der Waals surface area contributed by atoms with E-state index in [1.165, 1.54) is 58.2 Å². The quantitative estimate of drug-likeness (QED) is 0.827. The molecule has 1 aliphatic carbocycles. The highest BCUT2D eigenvalue weighted by Crippen LogP contribution is 2.29. The lowest BCUT2D eigenvalue weighted by atomic mass is 9.80. The minimum absolute atomic E-state index is 0.716. The molecule has 1 aliphatic heterocycles. The van der Waals surface area contributed by atoms with Gasteiger partial charge in [-0.3, -0.25) is 0 Å². The minimum Gasteiger partial charge on any atom is -0.314 e. The van der Waals surface area contributed by atoms with Crippen LogP contribution in [0, 0.1) is 17.8 Å². The predicted octanol–water partition coefficient (Wildman–Crippen LogP) is 3.13. The fraction of sp³-hybridized carbons (Fsp3) is 1.00.